The summed E-state index contributed by atoms with van der Waals surface area (Å²) in [5.41, 5.74) is 0. The third-order valence-electron chi connectivity index (χ3n) is 3.10. The Balaban J connectivity index is 2.58. The van der Waals surface area contributed by atoms with Crippen LogP contribution in [0, 0.1) is 29.1 Å². The summed E-state index contributed by atoms with van der Waals surface area (Å²) < 4.78 is 0. The topological polar surface area (TPSA) is 40.9 Å². The van der Waals surface area contributed by atoms with Crippen molar-refractivity contribution in [1.29, 1.82) is 5.26 Å². The van der Waals surface area contributed by atoms with Gasteiger partial charge in [-0.2, -0.15) is 5.26 Å². The predicted octanol–water partition coefficient (Wildman–Crippen LogP) is 2.54. The number of hydrogen-bond acceptors (Lipinski definition) is 2. The summed E-state index contributed by atoms with van der Waals surface area (Å²) in [5.74, 6) is 1.01. The SMILES string of the molecule is CC1CCCC(C(C)CC#N)C1=O. The zero-order chi connectivity index (χ0) is 9.84. The zero-order valence-corrected chi connectivity index (χ0v) is 8.42. The molecule has 2 heteroatoms. The second kappa shape index (κ2) is 4.41. The minimum absolute atomic E-state index is 0.156. The third kappa shape index (κ3) is 2.30. The first kappa shape index (κ1) is 10.2. The smallest absolute Gasteiger partial charge is 0.139 e. The van der Waals surface area contributed by atoms with Crippen molar-refractivity contribution >= 4 is 5.78 Å². The average molecular weight is 179 g/mol. The maximum absolute atomic E-state index is 11.7. The highest BCUT2D eigenvalue weighted by Gasteiger charge is 2.31. The fourth-order valence-corrected chi connectivity index (χ4v) is 2.15. The summed E-state index contributed by atoms with van der Waals surface area (Å²) in [6.45, 7) is 4.03. The first-order valence-corrected chi connectivity index (χ1v) is 5.07. The number of nitrogens with zero attached hydrogens (tertiary/aromatic N) is 1. The first-order chi connectivity index (χ1) is 6.16. The first-order valence-electron chi connectivity index (χ1n) is 5.07. The Bertz CT molecular complexity index is 229. The summed E-state index contributed by atoms with van der Waals surface area (Å²) in [6.07, 6.45) is 3.69. The molecule has 2 nitrogen and oxygen atoms in total. The van der Waals surface area contributed by atoms with Gasteiger partial charge in [0.1, 0.15) is 5.78 Å². The maximum Gasteiger partial charge on any atom is 0.139 e. The summed E-state index contributed by atoms with van der Waals surface area (Å²) in [6, 6.07) is 2.15. The molecule has 0 spiro atoms. The standard InChI is InChI=1S/C11H17NO/c1-8(6-7-12)10-5-3-4-9(2)11(10)13/h8-10H,3-6H2,1-2H3. The Morgan fingerprint density at radius 3 is 2.92 bits per heavy atom. The van der Waals surface area contributed by atoms with Gasteiger partial charge in [0.25, 0.3) is 0 Å². The van der Waals surface area contributed by atoms with E-state index in [2.05, 4.69) is 6.07 Å². The van der Waals surface area contributed by atoms with Gasteiger partial charge in [0.2, 0.25) is 0 Å². The van der Waals surface area contributed by atoms with Gasteiger partial charge in [0.15, 0.2) is 0 Å². The Morgan fingerprint density at radius 1 is 1.62 bits per heavy atom. The molecular weight excluding hydrogens is 162 g/mol. The largest absolute Gasteiger partial charge is 0.299 e. The molecule has 0 N–H and O–H groups in total. The van der Waals surface area contributed by atoms with E-state index in [1.807, 2.05) is 13.8 Å². The van der Waals surface area contributed by atoms with Gasteiger partial charge in [0.05, 0.1) is 6.07 Å². The lowest BCUT2D eigenvalue weighted by Crippen LogP contribution is -2.30. The lowest BCUT2D eigenvalue weighted by atomic mass is 9.74. The van der Waals surface area contributed by atoms with Crippen molar-refractivity contribution < 1.29 is 4.79 Å². The summed E-state index contributed by atoms with van der Waals surface area (Å²) in [5, 5.41) is 8.56. The molecule has 1 fully saturated rings. The van der Waals surface area contributed by atoms with Crippen LogP contribution in [-0.4, -0.2) is 5.78 Å². The van der Waals surface area contributed by atoms with E-state index in [1.54, 1.807) is 0 Å². The number of nitriles is 1. The van der Waals surface area contributed by atoms with Gasteiger partial charge in [-0.25, -0.2) is 0 Å². The normalized spacial score (nSPS) is 31.0. The molecule has 0 aromatic heterocycles. The number of rotatable bonds is 2. The second-order valence-corrected chi connectivity index (χ2v) is 4.18. The van der Waals surface area contributed by atoms with Crippen molar-refractivity contribution in [3.05, 3.63) is 0 Å². The Hall–Kier alpha value is -0.840. The van der Waals surface area contributed by atoms with E-state index in [0.29, 0.717) is 12.2 Å². The average Bonchev–Trinajstić information content (AvgIpc) is 2.10. The summed E-state index contributed by atoms with van der Waals surface area (Å²) in [7, 11) is 0. The van der Waals surface area contributed by atoms with E-state index in [0.717, 1.165) is 19.3 Å². The number of hydrogen-bond donors (Lipinski definition) is 0. The van der Waals surface area contributed by atoms with Crippen LogP contribution in [-0.2, 0) is 4.79 Å². The van der Waals surface area contributed by atoms with Gasteiger partial charge in [0, 0.05) is 18.3 Å². The minimum atomic E-state index is 0.156. The number of carbonyl (C=O) groups is 1. The van der Waals surface area contributed by atoms with Crippen molar-refractivity contribution in [3.8, 4) is 6.07 Å². The van der Waals surface area contributed by atoms with Gasteiger partial charge in [-0.05, 0) is 18.8 Å². The molecule has 0 aliphatic heterocycles. The second-order valence-electron chi connectivity index (χ2n) is 4.18. The van der Waals surface area contributed by atoms with Crippen LogP contribution in [0.2, 0.25) is 0 Å². The van der Waals surface area contributed by atoms with E-state index in [1.165, 1.54) is 0 Å². The van der Waals surface area contributed by atoms with Gasteiger partial charge in [-0.3, -0.25) is 4.79 Å². The van der Waals surface area contributed by atoms with Gasteiger partial charge in [-0.15, -0.1) is 0 Å². The molecule has 1 rings (SSSR count). The molecule has 1 aliphatic rings. The fourth-order valence-electron chi connectivity index (χ4n) is 2.15. The van der Waals surface area contributed by atoms with Crippen molar-refractivity contribution in [2.45, 2.75) is 39.5 Å². The quantitative estimate of drug-likeness (QED) is 0.653. The Labute approximate surface area is 79.9 Å². The van der Waals surface area contributed by atoms with Crippen LogP contribution in [0.1, 0.15) is 39.5 Å². The van der Waals surface area contributed by atoms with E-state index in [-0.39, 0.29) is 17.8 Å². The van der Waals surface area contributed by atoms with Crippen LogP contribution in [0.4, 0.5) is 0 Å². The molecule has 0 amide bonds. The van der Waals surface area contributed by atoms with E-state index >= 15 is 0 Å². The molecule has 72 valence electrons. The molecule has 0 saturated heterocycles. The fraction of sp³-hybridized carbons (Fsp3) is 0.818. The van der Waals surface area contributed by atoms with Gasteiger partial charge >= 0.3 is 0 Å². The van der Waals surface area contributed by atoms with Gasteiger partial charge in [-0.1, -0.05) is 20.3 Å². The molecule has 3 unspecified atom stereocenters. The highest BCUT2D eigenvalue weighted by Crippen LogP contribution is 2.31. The molecule has 0 aromatic rings. The van der Waals surface area contributed by atoms with Crippen LogP contribution in [0.5, 0.6) is 0 Å². The molecule has 13 heavy (non-hydrogen) atoms. The molecule has 0 aromatic carbocycles. The highest BCUT2D eigenvalue weighted by molar-refractivity contribution is 5.84. The molecule has 1 saturated carbocycles. The van der Waals surface area contributed by atoms with E-state index < -0.39 is 0 Å². The van der Waals surface area contributed by atoms with E-state index in [9.17, 15) is 4.79 Å². The molecule has 0 radical (unpaired) electrons. The number of carbonyl (C=O) groups excluding carboxylic acids is 1. The van der Waals surface area contributed by atoms with Gasteiger partial charge < -0.3 is 0 Å². The number of ketones is 1. The zero-order valence-electron chi connectivity index (χ0n) is 8.42. The maximum atomic E-state index is 11.7. The van der Waals surface area contributed by atoms with Crippen LogP contribution in [0.15, 0.2) is 0 Å². The van der Waals surface area contributed by atoms with Crippen LogP contribution < -0.4 is 0 Å². The molecule has 3 atom stereocenters. The Morgan fingerprint density at radius 2 is 2.31 bits per heavy atom. The monoisotopic (exact) mass is 179 g/mol. The summed E-state index contributed by atoms with van der Waals surface area (Å²) >= 11 is 0. The van der Waals surface area contributed by atoms with E-state index in [4.69, 9.17) is 5.26 Å². The van der Waals surface area contributed by atoms with Crippen LogP contribution in [0.3, 0.4) is 0 Å². The van der Waals surface area contributed by atoms with Crippen LogP contribution >= 0.6 is 0 Å². The lowest BCUT2D eigenvalue weighted by molar-refractivity contribution is -0.130. The summed E-state index contributed by atoms with van der Waals surface area (Å²) in [4.78, 5) is 11.7. The predicted molar refractivity (Wildman–Crippen MR) is 50.9 cm³/mol. The van der Waals surface area contributed by atoms with Crippen molar-refractivity contribution in [3.63, 3.8) is 0 Å². The molecule has 0 heterocycles. The van der Waals surface area contributed by atoms with Crippen molar-refractivity contribution in [1.82, 2.24) is 0 Å². The third-order valence-corrected chi connectivity index (χ3v) is 3.10. The molecule has 1 aliphatic carbocycles. The molecule has 0 bridgehead atoms. The van der Waals surface area contributed by atoms with Crippen molar-refractivity contribution in [2.75, 3.05) is 0 Å². The Kier molecular flexibility index (Phi) is 3.48. The number of Topliss-reactive ketones (excluding diaryl/α,β-unsaturated/α-hetero) is 1. The molecular formula is C11H17NO. The van der Waals surface area contributed by atoms with Crippen molar-refractivity contribution in [2.24, 2.45) is 17.8 Å². The lowest BCUT2D eigenvalue weighted by Gasteiger charge is -2.28. The minimum Gasteiger partial charge on any atom is -0.299 e. The van der Waals surface area contributed by atoms with Crippen LogP contribution in [0.25, 0.3) is 0 Å². The highest BCUT2D eigenvalue weighted by atomic mass is 16.1.